The predicted octanol–water partition coefficient (Wildman–Crippen LogP) is 2.62. The Morgan fingerprint density at radius 3 is 2.67 bits per heavy atom. The third-order valence-corrected chi connectivity index (χ3v) is 4.08. The zero-order valence-corrected chi connectivity index (χ0v) is 12.4. The van der Waals surface area contributed by atoms with E-state index in [1.807, 2.05) is 0 Å². The van der Waals surface area contributed by atoms with Gasteiger partial charge in [-0.2, -0.15) is 0 Å². The topological polar surface area (TPSA) is 41.3 Å². The van der Waals surface area contributed by atoms with Crippen molar-refractivity contribution in [1.29, 1.82) is 0 Å². The molecule has 1 aliphatic heterocycles. The van der Waals surface area contributed by atoms with Gasteiger partial charge >= 0.3 is 0 Å². The number of rotatable bonds is 3. The summed E-state index contributed by atoms with van der Waals surface area (Å²) in [6.45, 7) is 8.01. The average Bonchev–Trinajstić information content (AvgIpc) is 2.99. The number of benzene rings is 1. The van der Waals surface area contributed by atoms with E-state index < -0.39 is 0 Å². The lowest BCUT2D eigenvalue weighted by Crippen LogP contribution is -2.51. The van der Waals surface area contributed by atoms with E-state index >= 15 is 0 Å². The lowest BCUT2D eigenvalue weighted by Gasteiger charge is -2.38. The number of oxazole rings is 1. The molecule has 2 aromatic rings. The van der Waals surface area contributed by atoms with Crippen molar-refractivity contribution in [3.05, 3.63) is 42.2 Å². The van der Waals surface area contributed by atoms with Crippen LogP contribution in [0, 0.1) is 5.82 Å². The quantitative estimate of drug-likeness (QED) is 0.943. The molecule has 1 fully saturated rings. The van der Waals surface area contributed by atoms with Crippen molar-refractivity contribution >= 4 is 0 Å². The number of nitrogens with one attached hydrogen (secondary N) is 1. The minimum absolute atomic E-state index is 0.292. The van der Waals surface area contributed by atoms with Gasteiger partial charge in [-0.3, -0.25) is 4.90 Å². The molecule has 0 atom stereocenters. The monoisotopic (exact) mass is 289 g/mol. The molecule has 0 spiro atoms. The van der Waals surface area contributed by atoms with Crippen LogP contribution in [0.1, 0.15) is 19.7 Å². The van der Waals surface area contributed by atoms with E-state index in [0.717, 1.165) is 26.2 Å². The van der Waals surface area contributed by atoms with Crippen molar-refractivity contribution in [1.82, 2.24) is 15.2 Å². The summed E-state index contributed by atoms with van der Waals surface area (Å²) in [7, 11) is 0. The van der Waals surface area contributed by atoms with Crippen molar-refractivity contribution in [2.24, 2.45) is 0 Å². The number of aromatic nitrogens is 1. The summed E-state index contributed by atoms with van der Waals surface area (Å²) in [6.07, 6.45) is 1.61. The van der Waals surface area contributed by atoms with E-state index in [1.165, 1.54) is 6.07 Å². The maximum atomic E-state index is 13.8. The van der Waals surface area contributed by atoms with Gasteiger partial charge in [0.25, 0.3) is 0 Å². The summed E-state index contributed by atoms with van der Waals surface area (Å²) in [5.41, 5.74) is 0.151. The van der Waals surface area contributed by atoms with Gasteiger partial charge in [-0.15, -0.1) is 0 Å². The van der Waals surface area contributed by atoms with Crippen molar-refractivity contribution in [3.8, 4) is 11.3 Å². The van der Waals surface area contributed by atoms with Gasteiger partial charge in [-0.05, 0) is 26.0 Å². The molecule has 0 amide bonds. The molecular formula is C16H20FN3O. The second kappa shape index (κ2) is 5.58. The van der Waals surface area contributed by atoms with E-state index in [2.05, 4.69) is 29.0 Å². The van der Waals surface area contributed by atoms with Gasteiger partial charge in [0.05, 0.1) is 17.3 Å². The van der Waals surface area contributed by atoms with Crippen LogP contribution in [0.25, 0.3) is 11.3 Å². The Kier molecular flexibility index (Phi) is 3.78. The Labute approximate surface area is 124 Å². The second-order valence-corrected chi connectivity index (χ2v) is 5.81. The maximum Gasteiger partial charge on any atom is 0.214 e. The second-order valence-electron chi connectivity index (χ2n) is 5.81. The van der Waals surface area contributed by atoms with Gasteiger partial charge in [-0.1, -0.05) is 12.1 Å². The molecule has 0 radical (unpaired) electrons. The summed E-state index contributed by atoms with van der Waals surface area (Å²) in [6, 6.07) is 6.60. The Balaban J connectivity index is 1.89. The molecule has 1 saturated heterocycles. The van der Waals surface area contributed by atoms with Crippen molar-refractivity contribution in [2.75, 3.05) is 26.2 Å². The van der Waals surface area contributed by atoms with Crippen molar-refractivity contribution in [2.45, 2.75) is 19.4 Å². The van der Waals surface area contributed by atoms with Gasteiger partial charge < -0.3 is 9.73 Å². The number of hydrogen-bond acceptors (Lipinski definition) is 4. The number of halogens is 1. The third-order valence-electron chi connectivity index (χ3n) is 4.08. The van der Waals surface area contributed by atoms with E-state index in [1.54, 1.807) is 24.4 Å². The fraction of sp³-hybridized carbons (Fsp3) is 0.438. The minimum Gasteiger partial charge on any atom is -0.439 e. The summed E-state index contributed by atoms with van der Waals surface area (Å²) < 4.78 is 19.7. The summed E-state index contributed by atoms with van der Waals surface area (Å²) in [5.74, 6) is 0.814. The molecule has 112 valence electrons. The molecule has 0 aliphatic carbocycles. The molecular weight excluding hydrogens is 269 g/mol. The highest BCUT2D eigenvalue weighted by Gasteiger charge is 2.34. The lowest BCUT2D eigenvalue weighted by molar-refractivity contribution is 0.0783. The van der Waals surface area contributed by atoms with E-state index in [4.69, 9.17) is 4.42 Å². The third kappa shape index (κ3) is 2.71. The van der Waals surface area contributed by atoms with Crippen LogP contribution in [-0.2, 0) is 5.54 Å². The molecule has 1 aromatic heterocycles. The van der Waals surface area contributed by atoms with E-state index in [-0.39, 0.29) is 11.4 Å². The first-order chi connectivity index (χ1) is 10.1. The molecule has 3 rings (SSSR count). The standard InChI is InChI=1S/C16H20FN3O/c1-16(2,20-9-7-18-8-10-20)15-19-11-14(21-15)12-5-3-4-6-13(12)17/h3-6,11,18H,7-10H2,1-2H3. The van der Waals surface area contributed by atoms with Gasteiger partial charge in [-0.25, -0.2) is 9.37 Å². The number of nitrogens with zero attached hydrogens (tertiary/aromatic N) is 2. The number of piperazine rings is 1. The SMILES string of the molecule is CC(C)(c1ncc(-c2ccccc2F)o1)N1CCNCC1. The predicted molar refractivity (Wildman–Crippen MR) is 79.4 cm³/mol. The van der Waals surface area contributed by atoms with Crippen LogP contribution in [0.4, 0.5) is 4.39 Å². The Hall–Kier alpha value is -1.72. The highest BCUT2D eigenvalue weighted by Crippen LogP contribution is 2.31. The van der Waals surface area contributed by atoms with Crippen LogP contribution in [0.2, 0.25) is 0 Å². The smallest absolute Gasteiger partial charge is 0.214 e. The van der Waals surface area contributed by atoms with E-state index in [0.29, 0.717) is 17.2 Å². The lowest BCUT2D eigenvalue weighted by atomic mass is 10.0. The largest absolute Gasteiger partial charge is 0.439 e. The average molecular weight is 289 g/mol. The highest BCUT2D eigenvalue weighted by molar-refractivity contribution is 5.57. The molecule has 2 heterocycles. The van der Waals surface area contributed by atoms with Crippen molar-refractivity contribution < 1.29 is 8.81 Å². The Morgan fingerprint density at radius 2 is 1.95 bits per heavy atom. The van der Waals surface area contributed by atoms with Gasteiger partial charge in [0, 0.05) is 26.2 Å². The van der Waals surface area contributed by atoms with Crippen LogP contribution in [0.5, 0.6) is 0 Å². The molecule has 1 N–H and O–H groups in total. The molecule has 1 aromatic carbocycles. The van der Waals surface area contributed by atoms with Gasteiger partial charge in [0.2, 0.25) is 5.89 Å². The fourth-order valence-corrected chi connectivity index (χ4v) is 2.70. The zero-order chi connectivity index (χ0) is 14.9. The Morgan fingerprint density at radius 1 is 1.24 bits per heavy atom. The van der Waals surface area contributed by atoms with Gasteiger partial charge in [0.15, 0.2) is 5.76 Å². The zero-order valence-electron chi connectivity index (χ0n) is 12.4. The highest BCUT2D eigenvalue weighted by atomic mass is 19.1. The number of hydrogen-bond donors (Lipinski definition) is 1. The van der Waals surface area contributed by atoms with Crippen LogP contribution >= 0.6 is 0 Å². The van der Waals surface area contributed by atoms with Crippen LogP contribution < -0.4 is 5.32 Å². The van der Waals surface area contributed by atoms with Crippen LogP contribution in [0.3, 0.4) is 0 Å². The summed E-state index contributed by atoms with van der Waals surface area (Å²) >= 11 is 0. The Bertz CT molecular complexity index is 617. The van der Waals surface area contributed by atoms with Crippen molar-refractivity contribution in [3.63, 3.8) is 0 Å². The van der Waals surface area contributed by atoms with E-state index in [9.17, 15) is 4.39 Å². The maximum absolute atomic E-state index is 13.8. The molecule has 1 aliphatic rings. The molecule has 4 nitrogen and oxygen atoms in total. The summed E-state index contributed by atoms with van der Waals surface area (Å²) in [4.78, 5) is 6.72. The fourth-order valence-electron chi connectivity index (χ4n) is 2.70. The first-order valence-corrected chi connectivity index (χ1v) is 7.26. The minimum atomic E-state index is -0.300. The first kappa shape index (κ1) is 14.2. The first-order valence-electron chi connectivity index (χ1n) is 7.26. The molecule has 21 heavy (non-hydrogen) atoms. The molecule has 0 bridgehead atoms. The molecule has 0 unspecified atom stereocenters. The molecule has 0 saturated carbocycles. The normalized spacial score (nSPS) is 17.1. The molecule has 5 heteroatoms. The van der Waals surface area contributed by atoms with Crippen LogP contribution in [-0.4, -0.2) is 36.1 Å². The van der Waals surface area contributed by atoms with Gasteiger partial charge in [0.1, 0.15) is 5.82 Å². The van der Waals surface area contributed by atoms with Crippen LogP contribution in [0.15, 0.2) is 34.9 Å². The summed E-state index contributed by atoms with van der Waals surface area (Å²) in [5, 5.41) is 3.33.